The van der Waals surface area contributed by atoms with Crippen molar-refractivity contribution in [2.45, 2.75) is 9.79 Å². The number of fused-ring (bicyclic) bond motifs is 2. The Morgan fingerprint density at radius 1 is 0.583 bits per heavy atom. The molecule has 0 aliphatic heterocycles. The minimum atomic E-state index is -4.07. The number of carbonyl (C=O) groups is 2. The molecule has 4 N–H and O–H groups in total. The Kier molecular flexibility index (Phi) is 3.46. The second-order valence-electron chi connectivity index (χ2n) is 5.16. The fourth-order valence-corrected chi connectivity index (χ4v) is 3.54. The smallest absolute Gasteiger partial charge is 0.238 e. The van der Waals surface area contributed by atoms with Gasteiger partial charge in [-0.3, -0.25) is 9.59 Å². The van der Waals surface area contributed by atoms with E-state index in [1.54, 1.807) is 0 Å². The Balaban J connectivity index is 2.27. The van der Waals surface area contributed by atoms with Crippen molar-refractivity contribution in [3.05, 3.63) is 58.7 Å². The summed E-state index contributed by atoms with van der Waals surface area (Å²) in [5.74, 6) is -1.21. The molecule has 0 amide bonds. The number of carbonyl (C=O) groups excluding carboxylic acids is 2. The first kappa shape index (κ1) is 16.5. The van der Waals surface area contributed by atoms with Gasteiger partial charge in [0, 0.05) is 22.3 Å². The Bertz CT molecular complexity index is 1050. The molecule has 0 unspecified atom stereocenters. The second-order valence-corrected chi connectivity index (χ2v) is 8.29. The van der Waals surface area contributed by atoms with Gasteiger partial charge >= 0.3 is 0 Å². The van der Waals surface area contributed by atoms with Gasteiger partial charge in [0.1, 0.15) is 0 Å². The molecule has 1 aliphatic rings. The number of ketones is 2. The molecule has 0 saturated carbocycles. The monoisotopic (exact) mass is 366 g/mol. The minimum Gasteiger partial charge on any atom is -0.289 e. The quantitative estimate of drug-likeness (QED) is 0.637. The molecule has 124 valence electrons. The maximum absolute atomic E-state index is 12.6. The number of hydrogen-bond acceptors (Lipinski definition) is 6. The zero-order chi connectivity index (χ0) is 17.9. The predicted molar refractivity (Wildman–Crippen MR) is 82.5 cm³/mol. The number of nitrogens with two attached hydrogens (primary N) is 2. The number of primary sulfonamides is 2. The van der Waals surface area contributed by atoms with E-state index in [0.29, 0.717) is 0 Å². The molecular weight excluding hydrogens is 356 g/mol. The van der Waals surface area contributed by atoms with Crippen LogP contribution in [-0.2, 0) is 20.0 Å². The van der Waals surface area contributed by atoms with Gasteiger partial charge < -0.3 is 0 Å². The first-order valence-corrected chi connectivity index (χ1v) is 9.52. The van der Waals surface area contributed by atoms with E-state index in [1.807, 2.05) is 0 Å². The first-order valence-electron chi connectivity index (χ1n) is 6.43. The summed E-state index contributed by atoms with van der Waals surface area (Å²) < 4.78 is 45.7. The summed E-state index contributed by atoms with van der Waals surface area (Å²) in [6.07, 6.45) is 0. The lowest BCUT2D eigenvalue weighted by Crippen LogP contribution is -2.23. The van der Waals surface area contributed by atoms with E-state index in [1.165, 1.54) is 12.1 Å². The zero-order valence-electron chi connectivity index (χ0n) is 11.9. The van der Waals surface area contributed by atoms with Crippen LogP contribution >= 0.6 is 0 Å². The van der Waals surface area contributed by atoms with Crippen molar-refractivity contribution in [3.8, 4) is 0 Å². The molecule has 2 aromatic rings. The highest BCUT2D eigenvalue weighted by Crippen LogP contribution is 2.30. The maximum Gasteiger partial charge on any atom is 0.238 e. The number of rotatable bonds is 2. The van der Waals surface area contributed by atoms with Crippen molar-refractivity contribution in [1.82, 2.24) is 0 Å². The molecule has 0 atom stereocenters. The lowest BCUT2D eigenvalue weighted by Gasteiger charge is -2.18. The highest BCUT2D eigenvalue weighted by atomic mass is 32.2. The fourth-order valence-electron chi connectivity index (χ4n) is 2.46. The zero-order valence-corrected chi connectivity index (χ0v) is 13.5. The highest BCUT2D eigenvalue weighted by Gasteiger charge is 2.31. The third kappa shape index (κ3) is 2.55. The summed E-state index contributed by atoms with van der Waals surface area (Å²) in [5.41, 5.74) is -0.289. The van der Waals surface area contributed by atoms with Gasteiger partial charge in [-0.05, 0) is 36.4 Å². The number of benzene rings is 2. The molecule has 0 bridgehead atoms. The van der Waals surface area contributed by atoms with E-state index < -0.39 is 31.6 Å². The van der Waals surface area contributed by atoms with E-state index >= 15 is 0 Å². The summed E-state index contributed by atoms with van der Waals surface area (Å²) in [7, 11) is -8.13. The average Bonchev–Trinajstić information content (AvgIpc) is 2.49. The van der Waals surface area contributed by atoms with E-state index in [2.05, 4.69) is 0 Å². The van der Waals surface area contributed by atoms with Crippen molar-refractivity contribution < 1.29 is 26.4 Å². The van der Waals surface area contributed by atoms with Gasteiger partial charge in [-0.25, -0.2) is 27.1 Å². The largest absolute Gasteiger partial charge is 0.289 e. The van der Waals surface area contributed by atoms with Gasteiger partial charge in [-0.2, -0.15) is 0 Å². The molecule has 3 rings (SSSR count). The van der Waals surface area contributed by atoms with E-state index in [0.717, 1.165) is 24.3 Å². The van der Waals surface area contributed by atoms with Crippen molar-refractivity contribution >= 4 is 31.6 Å². The summed E-state index contributed by atoms with van der Waals surface area (Å²) >= 11 is 0. The topological polar surface area (TPSA) is 154 Å². The van der Waals surface area contributed by atoms with E-state index in [9.17, 15) is 26.4 Å². The molecule has 2 aromatic carbocycles. The molecule has 1 aliphatic carbocycles. The van der Waals surface area contributed by atoms with E-state index in [-0.39, 0.29) is 32.0 Å². The normalized spacial score (nSPS) is 14.2. The molecule has 0 heterocycles. The van der Waals surface area contributed by atoms with Crippen LogP contribution in [0.5, 0.6) is 0 Å². The average molecular weight is 366 g/mol. The molecule has 0 saturated heterocycles. The summed E-state index contributed by atoms with van der Waals surface area (Å²) in [6, 6.07) is 6.65. The molecular formula is C14H10N2O6S2. The molecule has 10 heteroatoms. The predicted octanol–water partition coefficient (Wildman–Crippen LogP) is -0.243. The molecule has 0 radical (unpaired) electrons. The molecule has 0 spiro atoms. The maximum atomic E-state index is 12.6. The van der Waals surface area contributed by atoms with Crippen molar-refractivity contribution in [2.24, 2.45) is 10.3 Å². The van der Waals surface area contributed by atoms with Gasteiger partial charge in [-0.1, -0.05) is 0 Å². The standard InChI is InChI=1S/C14H10N2O6S2/c15-23(19,20)7-1-3-9-11(5-7)14(18)12-6-8(24(16,21)22)2-4-10(12)13(9)17/h1-6H,(H2,15,19,20)(H2,16,21,22). The van der Waals surface area contributed by atoms with Crippen LogP contribution in [0.15, 0.2) is 46.2 Å². The van der Waals surface area contributed by atoms with Crippen molar-refractivity contribution in [2.75, 3.05) is 0 Å². The second kappa shape index (κ2) is 5.05. The third-order valence-corrected chi connectivity index (χ3v) is 5.44. The van der Waals surface area contributed by atoms with Crippen LogP contribution in [0.25, 0.3) is 0 Å². The van der Waals surface area contributed by atoms with Crippen molar-refractivity contribution in [3.63, 3.8) is 0 Å². The summed E-state index contributed by atoms with van der Waals surface area (Å²) in [6.45, 7) is 0. The lowest BCUT2D eigenvalue weighted by atomic mass is 9.84. The summed E-state index contributed by atoms with van der Waals surface area (Å²) in [5, 5.41) is 10.1. The molecule has 0 aromatic heterocycles. The van der Waals surface area contributed by atoms with Gasteiger partial charge in [0.15, 0.2) is 11.6 Å². The first-order chi connectivity index (χ1) is 11.0. The lowest BCUT2D eigenvalue weighted by molar-refractivity contribution is 0.0978. The van der Waals surface area contributed by atoms with Crippen LogP contribution < -0.4 is 10.3 Å². The van der Waals surface area contributed by atoms with Gasteiger partial charge in [0.05, 0.1) is 9.79 Å². The van der Waals surface area contributed by atoms with Crippen molar-refractivity contribution in [1.29, 1.82) is 0 Å². The summed E-state index contributed by atoms with van der Waals surface area (Å²) in [4.78, 5) is 24.4. The van der Waals surface area contributed by atoms with Crippen LogP contribution in [0.4, 0.5) is 0 Å². The molecule has 8 nitrogen and oxygen atoms in total. The van der Waals surface area contributed by atoms with Crippen LogP contribution in [0.3, 0.4) is 0 Å². The Labute approximate surface area is 137 Å². The van der Waals surface area contributed by atoms with Crippen LogP contribution in [-0.4, -0.2) is 28.4 Å². The minimum absolute atomic E-state index is 0.0169. The van der Waals surface area contributed by atoms with Gasteiger partial charge in [-0.15, -0.1) is 0 Å². The van der Waals surface area contributed by atoms with Crippen LogP contribution in [0.2, 0.25) is 0 Å². The Hall–Kier alpha value is -2.40. The van der Waals surface area contributed by atoms with Gasteiger partial charge in [0.2, 0.25) is 20.0 Å². The van der Waals surface area contributed by atoms with Crippen LogP contribution in [0.1, 0.15) is 31.8 Å². The van der Waals surface area contributed by atoms with E-state index in [4.69, 9.17) is 10.3 Å². The highest BCUT2D eigenvalue weighted by molar-refractivity contribution is 7.89. The Morgan fingerprint density at radius 3 is 1.25 bits per heavy atom. The van der Waals surface area contributed by atoms with Gasteiger partial charge in [0.25, 0.3) is 0 Å². The SMILES string of the molecule is NS(=O)(=O)c1ccc2c(c1)C(=O)c1cc(S(N)(=O)=O)ccc1C2=O. The molecule has 0 fully saturated rings. The third-order valence-electron chi connectivity index (χ3n) is 3.62. The number of hydrogen-bond donors (Lipinski definition) is 2. The Morgan fingerprint density at radius 2 is 0.917 bits per heavy atom. The number of sulfonamides is 2. The molecule has 24 heavy (non-hydrogen) atoms. The fraction of sp³-hybridized carbons (Fsp3) is 0. The van der Waals surface area contributed by atoms with Crippen LogP contribution in [0, 0.1) is 0 Å².